The average Bonchev–Trinajstić information content (AvgIpc) is 3.31. The van der Waals surface area contributed by atoms with Crippen molar-refractivity contribution in [2.45, 2.75) is 25.3 Å². The quantitative estimate of drug-likeness (QED) is 0.638. The summed E-state index contributed by atoms with van der Waals surface area (Å²) in [5.41, 5.74) is 0.525. The van der Waals surface area contributed by atoms with Gasteiger partial charge in [0.25, 0.3) is 11.6 Å². The van der Waals surface area contributed by atoms with Crippen LogP contribution in [0.5, 0.6) is 0 Å². The highest BCUT2D eigenvalue weighted by molar-refractivity contribution is 5.96. The largest absolute Gasteiger partial charge is 0.383 e. The van der Waals surface area contributed by atoms with Gasteiger partial charge in [0.15, 0.2) is 0 Å². The molecule has 0 atom stereocenters. The molecule has 1 saturated carbocycles. The summed E-state index contributed by atoms with van der Waals surface area (Å²) in [6, 6.07) is 6.57. The van der Waals surface area contributed by atoms with Crippen LogP contribution >= 0.6 is 0 Å². The van der Waals surface area contributed by atoms with Gasteiger partial charge in [-0.05, 0) is 25.0 Å². The zero-order chi connectivity index (χ0) is 15.4. The van der Waals surface area contributed by atoms with Crippen LogP contribution in [0.1, 0.15) is 29.6 Å². The van der Waals surface area contributed by atoms with Crippen molar-refractivity contribution in [3.63, 3.8) is 0 Å². The lowest BCUT2D eigenvalue weighted by molar-refractivity contribution is -0.384. The summed E-state index contributed by atoms with van der Waals surface area (Å²) in [5.74, 6) is -0.251. The predicted octanol–water partition coefficient (Wildman–Crippen LogP) is 2.15. The van der Waals surface area contributed by atoms with Crippen molar-refractivity contribution in [1.82, 2.24) is 4.90 Å². The van der Waals surface area contributed by atoms with E-state index in [1.54, 1.807) is 18.0 Å². The topological polar surface area (TPSA) is 99.3 Å². The molecule has 0 saturated heterocycles. The number of nitro benzene ring substituents is 1. The van der Waals surface area contributed by atoms with Crippen molar-refractivity contribution < 1.29 is 9.72 Å². The van der Waals surface area contributed by atoms with E-state index in [4.69, 9.17) is 5.26 Å². The van der Waals surface area contributed by atoms with Gasteiger partial charge in [0.2, 0.25) is 0 Å². The highest BCUT2D eigenvalue weighted by atomic mass is 16.6. The maximum Gasteiger partial charge on any atom is 0.293 e. The number of carbonyl (C=O) groups excluding carboxylic acids is 1. The molecule has 0 bridgehead atoms. The van der Waals surface area contributed by atoms with E-state index in [0.717, 1.165) is 12.8 Å². The molecule has 21 heavy (non-hydrogen) atoms. The molecular weight excluding hydrogens is 272 g/mol. The van der Waals surface area contributed by atoms with Crippen molar-refractivity contribution >= 4 is 17.3 Å². The fourth-order valence-electron chi connectivity index (χ4n) is 2.20. The van der Waals surface area contributed by atoms with Crippen LogP contribution in [0.3, 0.4) is 0 Å². The molecule has 1 amide bonds. The molecule has 1 aromatic rings. The van der Waals surface area contributed by atoms with Crippen molar-refractivity contribution in [1.29, 1.82) is 5.26 Å². The number of benzene rings is 1. The van der Waals surface area contributed by atoms with Crippen molar-refractivity contribution in [2.24, 2.45) is 0 Å². The standard InChI is InChI=1S/C14H16N4O3/c1-16-12-6-3-10(9-13(12)18(20)21)14(19)17(8-2-7-15)11-4-5-11/h3,6,9,11,16H,2,4-5,8H2,1H3. The minimum Gasteiger partial charge on any atom is -0.383 e. The number of anilines is 1. The zero-order valence-electron chi connectivity index (χ0n) is 11.7. The second kappa shape index (κ2) is 6.22. The van der Waals surface area contributed by atoms with E-state index in [1.807, 2.05) is 6.07 Å². The number of hydrogen-bond acceptors (Lipinski definition) is 5. The number of carbonyl (C=O) groups is 1. The zero-order valence-corrected chi connectivity index (χ0v) is 11.7. The van der Waals surface area contributed by atoms with Crippen LogP contribution in [0.15, 0.2) is 18.2 Å². The summed E-state index contributed by atoms with van der Waals surface area (Å²) >= 11 is 0. The van der Waals surface area contributed by atoms with Crippen molar-refractivity contribution in [2.75, 3.05) is 18.9 Å². The van der Waals surface area contributed by atoms with Crippen LogP contribution in [-0.4, -0.2) is 35.4 Å². The number of hydrogen-bond donors (Lipinski definition) is 1. The van der Waals surface area contributed by atoms with Crippen LogP contribution in [0.25, 0.3) is 0 Å². The second-order valence-electron chi connectivity index (χ2n) is 4.88. The Morgan fingerprint density at radius 1 is 1.57 bits per heavy atom. The Morgan fingerprint density at radius 3 is 2.81 bits per heavy atom. The Balaban J connectivity index is 2.27. The van der Waals surface area contributed by atoms with Gasteiger partial charge in [0.05, 0.1) is 17.4 Å². The monoisotopic (exact) mass is 288 g/mol. The van der Waals surface area contributed by atoms with Gasteiger partial charge in [0, 0.05) is 31.3 Å². The molecular formula is C14H16N4O3. The first-order chi connectivity index (χ1) is 10.1. The van der Waals surface area contributed by atoms with Crippen molar-refractivity contribution in [3.8, 4) is 6.07 Å². The third-order valence-corrected chi connectivity index (χ3v) is 3.42. The predicted molar refractivity (Wildman–Crippen MR) is 76.9 cm³/mol. The number of nitrogens with one attached hydrogen (secondary N) is 1. The maximum atomic E-state index is 12.5. The summed E-state index contributed by atoms with van der Waals surface area (Å²) in [5, 5.41) is 22.4. The Kier molecular flexibility index (Phi) is 4.38. The Labute approximate surface area is 122 Å². The summed E-state index contributed by atoms with van der Waals surface area (Å²) < 4.78 is 0. The number of nitriles is 1. The van der Waals surface area contributed by atoms with Gasteiger partial charge in [-0.1, -0.05) is 0 Å². The van der Waals surface area contributed by atoms with E-state index >= 15 is 0 Å². The minimum absolute atomic E-state index is 0.126. The van der Waals surface area contributed by atoms with E-state index < -0.39 is 4.92 Å². The van der Waals surface area contributed by atoms with Gasteiger partial charge in [-0.15, -0.1) is 0 Å². The Morgan fingerprint density at radius 2 is 2.29 bits per heavy atom. The van der Waals surface area contributed by atoms with Gasteiger partial charge >= 0.3 is 0 Å². The first-order valence-electron chi connectivity index (χ1n) is 6.72. The molecule has 1 fully saturated rings. The highest BCUT2D eigenvalue weighted by Gasteiger charge is 2.33. The normalized spacial score (nSPS) is 13.3. The first-order valence-corrected chi connectivity index (χ1v) is 6.72. The van der Waals surface area contributed by atoms with Crippen LogP contribution in [0.2, 0.25) is 0 Å². The molecule has 0 unspecified atom stereocenters. The summed E-state index contributed by atoms with van der Waals surface area (Å²) in [7, 11) is 1.59. The van der Waals surface area contributed by atoms with Crippen LogP contribution in [0, 0.1) is 21.4 Å². The molecule has 7 nitrogen and oxygen atoms in total. The summed E-state index contributed by atoms with van der Waals surface area (Å²) in [4.78, 5) is 24.6. The molecule has 2 rings (SSSR count). The van der Waals surface area contributed by atoms with E-state index in [1.165, 1.54) is 12.1 Å². The summed E-state index contributed by atoms with van der Waals surface area (Å²) in [6.45, 7) is 0.363. The molecule has 110 valence electrons. The molecule has 0 aromatic heterocycles. The van der Waals surface area contributed by atoms with Gasteiger partial charge in [-0.25, -0.2) is 0 Å². The van der Waals surface area contributed by atoms with Gasteiger partial charge < -0.3 is 10.2 Å². The maximum absolute atomic E-state index is 12.5. The van der Waals surface area contributed by atoms with E-state index in [0.29, 0.717) is 12.2 Å². The number of rotatable bonds is 6. The average molecular weight is 288 g/mol. The molecule has 0 aliphatic heterocycles. The van der Waals surface area contributed by atoms with Gasteiger partial charge in [0.1, 0.15) is 5.69 Å². The third-order valence-electron chi connectivity index (χ3n) is 3.42. The highest BCUT2D eigenvalue weighted by Crippen LogP contribution is 2.30. The summed E-state index contributed by atoms with van der Waals surface area (Å²) in [6.07, 6.45) is 2.11. The van der Waals surface area contributed by atoms with Crippen LogP contribution < -0.4 is 5.32 Å². The SMILES string of the molecule is CNc1ccc(C(=O)N(CCC#N)C2CC2)cc1[N+](=O)[O-]. The molecule has 0 heterocycles. The van der Waals surface area contributed by atoms with E-state index in [9.17, 15) is 14.9 Å². The molecule has 0 radical (unpaired) electrons. The molecule has 1 N–H and O–H groups in total. The third kappa shape index (κ3) is 3.28. The Bertz CT molecular complexity index is 605. The van der Waals surface area contributed by atoms with Crippen LogP contribution in [0.4, 0.5) is 11.4 Å². The second-order valence-corrected chi connectivity index (χ2v) is 4.88. The minimum atomic E-state index is -0.515. The van der Waals surface area contributed by atoms with Crippen molar-refractivity contribution in [3.05, 3.63) is 33.9 Å². The van der Waals surface area contributed by atoms with Crippen LogP contribution in [-0.2, 0) is 0 Å². The fraction of sp³-hybridized carbons (Fsp3) is 0.429. The lowest BCUT2D eigenvalue weighted by Crippen LogP contribution is -2.33. The number of amides is 1. The number of nitro groups is 1. The lowest BCUT2D eigenvalue weighted by atomic mass is 10.1. The lowest BCUT2D eigenvalue weighted by Gasteiger charge is -2.21. The molecule has 1 aromatic carbocycles. The fourth-order valence-corrected chi connectivity index (χ4v) is 2.20. The first kappa shape index (κ1) is 14.8. The molecule has 1 aliphatic rings. The molecule has 1 aliphatic carbocycles. The molecule has 7 heteroatoms. The van der Waals surface area contributed by atoms with Gasteiger partial charge in [-0.2, -0.15) is 5.26 Å². The van der Waals surface area contributed by atoms with E-state index in [-0.39, 0.29) is 29.6 Å². The smallest absolute Gasteiger partial charge is 0.293 e. The Hall–Kier alpha value is -2.62. The van der Waals surface area contributed by atoms with E-state index in [2.05, 4.69) is 5.32 Å². The van der Waals surface area contributed by atoms with Gasteiger partial charge in [-0.3, -0.25) is 14.9 Å². The molecule has 0 spiro atoms. The number of nitrogens with zero attached hydrogens (tertiary/aromatic N) is 3.